The Kier molecular flexibility index (Phi) is 3.76. The van der Waals surface area contributed by atoms with Gasteiger partial charge in [-0.3, -0.25) is 5.32 Å². The normalized spacial score (nSPS) is 26.7. The minimum atomic E-state index is -4.36. The number of benzene rings is 1. The smallest absolute Gasteiger partial charge is 0.411 e. The van der Waals surface area contributed by atoms with Gasteiger partial charge in [0.2, 0.25) is 0 Å². The highest BCUT2D eigenvalue weighted by Gasteiger charge is 2.61. The van der Waals surface area contributed by atoms with Crippen LogP contribution in [0.25, 0.3) is 0 Å². The average Bonchev–Trinajstić information content (AvgIpc) is 2.36. The monoisotopic (exact) mass is 273 g/mol. The third-order valence-corrected chi connectivity index (χ3v) is 3.64. The quantitative estimate of drug-likeness (QED) is 0.910. The van der Waals surface area contributed by atoms with Gasteiger partial charge in [0.15, 0.2) is 0 Å². The Morgan fingerprint density at radius 3 is 2.68 bits per heavy atom. The van der Waals surface area contributed by atoms with Crippen molar-refractivity contribution in [2.45, 2.75) is 32.0 Å². The van der Waals surface area contributed by atoms with Crippen LogP contribution in [0.3, 0.4) is 0 Å². The largest absolute Gasteiger partial charge is 0.493 e. The predicted octanol–water partition coefficient (Wildman–Crippen LogP) is 3.47. The van der Waals surface area contributed by atoms with Crippen molar-refractivity contribution in [3.05, 3.63) is 29.8 Å². The summed E-state index contributed by atoms with van der Waals surface area (Å²) < 4.78 is 46.6. The third kappa shape index (κ3) is 2.20. The summed E-state index contributed by atoms with van der Waals surface area (Å²) in [5, 5.41) is 2.73. The standard InChI is InChI=1S/C14H18F3NO/c1-3-8-18-13(14(15,16)17)10(2)9-19-12-7-5-4-6-11(12)13/h4-7,10,18H,3,8-9H2,1-2H3. The van der Waals surface area contributed by atoms with Crippen molar-refractivity contribution in [3.63, 3.8) is 0 Å². The van der Waals surface area contributed by atoms with Crippen LogP contribution in [-0.2, 0) is 5.54 Å². The number of rotatable bonds is 3. The first-order chi connectivity index (χ1) is 8.93. The molecule has 1 aromatic rings. The van der Waals surface area contributed by atoms with Gasteiger partial charge in [0, 0.05) is 11.5 Å². The van der Waals surface area contributed by atoms with E-state index in [1.165, 1.54) is 6.07 Å². The summed E-state index contributed by atoms with van der Waals surface area (Å²) in [6.45, 7) is 3.81. The molecule has 0 radical (unpaired) electrons. The molecule has 0 saturated carbocycles. The van der Waals surface area contributed by atoms with Crippen LogP contribution < -0.4 is 10.1 Å². The molecule has 0 saturated heterocycles. The van der Waals surface area contributed by atoms with Gasteiger partial charge in [-0.15, -0.1) is 0 Å². The first-order valence-corrected chi connectivity index (χ1v) is 6.47. The molecule has 1 heterocycles. The number of fused-ring (bicyclic) bond motifs is 1. The molecule has 19 heavy (non-hydrogen) atoms. The lowest BCUT2D eigenvalue weighted by molar-refractivity contribution is -0.223. The van der Waals surface area contributed by atoms with Gasteiger partial charge in [-0.05, 0) is 19.0 Å². The maximum Gasteiger partial charge on any atom is 0.411 e. The van der Waals surface area contributed by atoms with Gasteiger partial charge in [0.1, 0.15) is 11.3 Å². The van der Waals surface area contributed by atoms with E-state index in [4.69, 9.17) is 4.74 Å². The van der Waals surface area contributed by atoms with Gasteiger partial charge in [-0.1, -0.05) is 32.0 Å². The summed E-state index contributed by atoms with van der Waals surface area (Å²) in [4.78, 5) is 0. The highest BCUT2D eigenvalue weighted by atomic mass is 19.4. The Bertz CT molecular complexity index is 447. The fraction of sp³-hybridized carbons (Fsp3) is 0.571. The second-order valence-corrected chi connectivity index (χ2v) is 4.94. The molecule has 2 unspecified atom stereocenters. The van der Waals surface area contributed by atoms with Crippen molar-refractivity contribution in [3.8, 4) is 5.75 Å². The van der Waals surface area contributed by atoms with E-state index in [2.05, 4.69) is 5.32 Å². The molecular formula is C14H18F3NO. The Morgan fingerprint density at radius 2 is 2.05 bits per heavy atom. The SMILES string of the molecule is CCCNC1(C(F)(F)F)c2ccccc2OCC1C. The minimum Gasteiger partial charge on any atom is -0.493 e. The Balaban J connectivity index is 2.57. The van der Waals surface area contributed by atoms with Crippen molar-refractivity contribution in [2.24, 2.45) is 5.92 Å². The average molecular weight is 273 g/mol. The van der Waals surface area contributed by atoms with Crippen LogP contribution in [0.2, 0.25) is 0 Å². The molecule has 0 aliphatic carbocycles. The summed E-state index contributed by atoms with van der Waals surface area (Å²) in [5.41, 5.74) is -1.83. The molecule has 0 spiro atoms. The molecule has 0 amide bonds. The molecule has 1 aliphatic heterocycles. The molecule has 2 atom stereocenters. The molecule has 106 valence electrons. The molecule has 1 N–H and O–H groups in total. The van der Waals surface area contributed by atoms with Crippen molar-refractivity contribution in [2.75, 3.05) is 13.2 Å². The van der Waals surface area contributed by atoms with Crippen molar-refractivity contribution in [1.29, 1.82) is 0 Å². The van der Waals surface area contributed by atoms with Crippen molar-refractivity contribution in [1.82, 2.24) is 5.32 Å². The molecule has 2 rings (SSSR count). The number of halogens is 3. The van der Waals surface area contributed by atoms with E-state index in [1.807, 2.05) is 6.92 Å². The van der Waals surface area contributed by atoms with E-state index in [0.29, 0.717) is 18.7 Å². The molecule has 0 bridgehead atoms. The lowest BCUT2D eigenvalue weighted by atomic mass is 9.76. The van der Waals surface area contributed by atoms with Gasteiger partial charge in [-0.25, -0.2) is 0 Å². The van der Waals surface area contributed by atoms with E-state index in [0.717, 1.165) is 0 Å². The first kappa shape index (κ1) is 14.2. The Labute approximate surface area is 111 Å². The van der Waals surface area contributed by atoms with E-state index in [-0.39, 0.29) is 12.2 Å². The predicted molar refractivity (Wildman–Crippen MR) is 67.1 cm³/mol. The first-order valence-electron chi connectivity index (χ1n) is 6.47. The third-order valence-electron chi connectivity index (χ3n) is 3.64. The van der Waals surface area contributed by atoms with Gasteiger partial charge < -0.3 is 4.74 Å². The topological polar surface area (TPSA) is 21.3 Å². The lowest BCUT2D eigenvalue weighted by Crippen LogP contribution is -2.61. The molecule has 1 aromatic carbocycles. The summed E-state index contributed by atoms with van der Waals surface area (Å²) in [6.07, 6.45) is -3.71. The summed E-state index contributed by atoms with van der Waals surface area (Å²) >= 11 is 0. The summed E-state index contributed by atoms with van der Waals surface area (Å²) in [5.74, 6) is -0.351. The number of nitrogens with one attached hydrogen (secondary N) is 1. The number of ether oxygens (including phenoxy) is 1. The van der Waals surface area contributed by atoms with E-state index < -0.39 is 17.6 Å². The van der Waals surface area contributed by atoms with E-state index in [9.17, 15) is 13.2 Å². The zero-order chi connectivity index (χ0) is 14.1. The molecular weight excluding hydrogens is 255 g/mol. The zero-order valence-electron chi connectivity index (χ0n) is 11.1. The van der Waals surface area contributed by atoms with Crippen molar-refractivity contribution < 1.29 is 17.9 Å². The van der Waals surface area contributed by atoms with Crippen LogP contribution in [0.1, 0.15) is 25.8 Å². The van der Waals surface area contributed by atoms with Crippen LogP contribution in [-0.4, -0.2) is 19.3 Å². The van der Waals surface area contributed by atoms with Gasteiger partial charge in [0.05, 0.1) is 6.61 Å². The van der Waals surface area contributed by atoms with Crippen LogP contribution in [0, 0.1) is 5.92 Å². The van der Waals surface area contributed by atoms with E-state index >= 15 is 0 Å². The van der Waals surface area contributed by atoms with Crippen molar-refractivity contribution >= 4 is 0 Å². The second-order valence-electron chi connectivity index (χ2n) is 4.94. The van der Waals surface area contributed by atoms with Crippen LogP contribution in [0.15, 0.2) is 24.3 Å². The second kappa shape index (κ2) is 5.04. The fourth-order valence-electron chi connectivity index (χ4n) is 2.65. The molecule has 0 aromatic heterocycles. The lowest BCUT2D eigenvalue weighted by Gasteiger charge is -2.45. The Morgan fingerprint density at radius 1 is 1.37 bits per heavy atom. The maximum absolute atomic E-state index is 13.7. The van der Waals surface area contributed by atoms with Gasteiger partial charge in [-0.2, -0.15) is 13.2 Å². The van der Waals surface area contributed by atoms with Crippen LogP contribution in [0.4, 0.5) is 13.2 Å². The van der Waals surface area contributed by atoms with Gasteiger partial charge in [0.25, 0.3) is 0 Å². The number of hydrogen-bond acceptors (Lipinski definition) is 2. The number of alkyl halides is 3. The van der Waals surface area contributed by atoms with Crippen LogP contribution in [0.5, 0.6) is 5.75 Å². The molecule has 5 heteroatoms. The molecule has 2 nitrogen and oxygen atoms in total. The Hall–Kier alpha value is -1.23. The van der Waals surface area contributed by atoms with Crippen LogP contribution >= 0.6 is 0 Å². The number of para-hydroxylation sites is 1. The maximum atomic E-state index is 13.7. The molecule has 0 fully saturated rings. The summed E-state index contributed by atoms with van der Waals surface area (Å²) in [7, 11) is 0. The molecule has 1 aliphatic rings. The highest BCUT2D eigenvalue weighted by Crippen LogP contribution is 2.50. The minimum absolute atomic E-state index is 0.0627. The number of hydrogen-bond donors (Lipinski definition) is 1. The van der Waals surface area contributed by atoms with E-state index in [1.54, 1.807) is 25.1 Å². The zero-order valence-corrected chi connectivity index (χ0v) is 11.1. The highest BCUT2D eigenvalue weighted by molar-refractivity contribution is 5.43. The summed E-state index contributed by atoms with van der Waals surface area (Å²) in [6, 6.07) is 6.40. The fourth-order valence-corrected chi connectivity index (χ4v) is 2.65. The van der Waals surface area contributed by atoms with Gasteiger partial charge >= 0.3 is 6.18 Å².